The predicted octanol–water partition coefficient (Wildman–Crippen LogP) is 5.85. The predicted molar refractivity (Wildman–Crippen MR) is 97.4 cm³/mol. The van der Waals surface area contributed by atoms with Crippen LogP contribution in [0.2, 0.25) is 0 Å². The van der Waals surface area contributed by atoms with Crippen LogP contribution in [0.1, 0.15) is 12.0 Å². The molecule has 0 N–H and O–H groups in total. The van der Waals surface area contributed by atoms with E-state index in [0.717, 1.165) is 6.42 Å². The van der Waals surface area contributed by atoms with Crippen LogP contribution in [0.3, 0.4) is 0 Å². The quantitative estimate of drug-likeness (QED) is 0.556. The first-order valence-corrected chi connectivity index (χ1v) is 8.09. The van der Waals surface area contributed by atoms with Gasteiger partial charge in [-0.05, 0) is 23.6 Å². The van der Waals surface area contributed by atoms with Crippen molar-refractivity contribution in [2.24, 2.45) is 4.40 Å². The van der Waals surface area contributed by atoms with Crippen LogP contribution in [-0.2, 0) is 0 Å². The maximum atomic E-state index is 4.35. The van der Waals surface area contributed by atoms with Crippen molar-refractivity contribution in [2.75, 3.05) is 0 Å². The Balaban J connectivity index is 0.000000174. The molecule has 2 heteroatoms. The third-order valence-electron chi connectivity index (χ3n) is 3.36. The molecule has 22 heavy (non-hydrogen) atoms. The molecule has 1 nitrogen and oxygen atoms in total. The molecule has 0 saturated heterocycles. The summed E-state index contributed by atoms with van der Waals surface area (Å²) >= 11 is 1.54. The molecule has 1 aliphatic heterocycles. The first kappa shape index (κ1) is 14.6. The lowest BCUT2D eigenvalue weighted by Crippen LogP contribution is -1.85. The summed E-state index contributed by atoms with van der Waals surface area (Å²) in [5, 5.41) is 0. The zero-order valence-electron chi connectivity index (χ0n) is 12.2. The Bertz CT molecular complexity index is 740. The zero-order valence-corrected chi connectivity index (χ0v) is 13.0. The Morgan fingerprint density at radius 2 is 1.41 bits per heavy atom. The minimum absolute atomic E-state index is 1.08. The molecule has 2 aliphatic rings. The number of benzene rings is 2. The van der Waals surface area contributed by atoms with Crippen LogP contribution in [0.15, 0.2) is 94.3 Å². The van der Waals surface area contributed by atoms with Gasteiger partial charge >= 0.3 is 0 Å². The SMILES string of the molecule is C1=CC=CCC=C1.C1=NSc2ccccc2-c2ccccc21. The third-order valence-corrected chi connectivity index (χ3v) is 4.12. The molecule has 0 aromatic heterocycles. The highest BCUT2D eigenvalue weighted by Crippen LogP contribution is 2.35. The fourth-order valence-electron chi connectivity index (χ4n) is 2.28. The largest absolute Gasteiger partial charge is 0.219 e. The number of nitrogens with zero attached hydrogens (tertiary/aromatic N) is 1. The molecule has 1 aliphatic carbocycles. The van der Waals surface area contributed by atoms with E-state index in [-0.39, 0.29) is 0 Å². The molecular formula is C20H17NS. The number of fused-ring (bicyclic) bond motifs is 3. The Morgan fingerprint density at radius 1 is 0.727 bits per heavy atom. The van der Waals surface area contributed by atoms with Gasteiger partial charge in [0, 0.05) is 28.6 Å². The molecule has 0 unspecified atom stereocenters. The minimum atomic E-state index is 1.08. The minimum Gasteiger partial charge on any atom is -0.219 e. The first-order valence-electron chi connectivity index (χ1n) is 7.32. The standard InChI is InChI=1S/C13H9NS.C7H8/c1-2-6-11-10(5-1)9-14-15-13-8-4-3-7-12(11)13;1-2-4-6-7-5-3-1/h1-9H;1-6H,7H2. The normalized spacial score (nSPS) is 14.2. The maximum absolute atomic E-state index is 4.35. The van der Waals surface area contributed by atoms with Gasteiger partial charge in [0.2, 0.25) is 0 Å². The Kier molecular flexibility index (Phi) is 5.06. The van der Waals surface area contributed by atoms with Crippen molar-refractivity contribution in [3.8, 4) is 11.1 Å². The fourth-order valence-corrected chi connectivity index (χ4v) is 2.98. The molecule has 2 aromatic carbocycles. The van der Waals surface area contributed by atoms with E-state index >= 15 is 0 Å². The molecular weight excluding hydrogens is 286 g/mol. The summed E-state index contributed by atoms with van der Waals surface area (Å²) in [6, 6.07) is 16.7. The second kappa shape index (κ2) is 7.62. The Hall–Kier alpha value is -2.32. The molecule has 108 valence electrons. The van der Waals surface area contributed by atoms with E-state index < -0.39 is 0 Å². The summed E-state index contributed by atoms with van der Waals surface area (Å²) in [6.07, 6.45) is 15.4. The summed E-state index contributed by atoms with van der Waals surface area (Å²) in [4.78, 5) is 1.22. The van der Waals surface area contributed by atoms with E-state index in [4.69, 9.17) is 0 Å². The van der Waals surface area contributed by atoms with Gasteiger partial charge in [0.05, 0.1) is 0 Å². The molecule has 4 rings (SSSR count). The lowest BCUT2D eigenvalue weighted by Gasteiger charge is -2.06. The van der Waals surface area contributed by atoms with Crippen LogP contribution in [0.25, 0.3) is 11.1 Å². The van der Waals surface area contributed by atoms with Crippen molar-refractivity contribution in [3.63, 3.8) is 0 Å². The molecule has 0 fully saturated rings. The van der Waals surface area contributed by atoms with E-state index in [1.54, 1.807) is 0 Å². The highest BCUT2D eigenvalue weighted by atomic mass is 32.2. The summed E-state index contributed by atoms with van der Waals surface area (Å²) in [6.45, 7) is 0. The number of allylic oxidation sites excluding steroid dienone is 6. The van der Waals surface area contributed by atoms with Crippen LogP contribution in [0, 0.1) is 0 Å². The summed E-state index contributed by atoms with van der Waals surface area (Å²) in [5.74, 6) is 0. The summed E-state index contributed by atoms with van der Waals surface area (Å²) in [7, 11) is 0. The monoisotopic (exact) mass is 303 g/mol. The molecule has 0 saturated carbocycles. The van der Waals surface area contributed by atoms with Crippen LogP contribution in [-0.4, -0.2) is 6.21 Å². The number of hydrogen-bond acceptors (Lipinski definition) is 2. The lowest BCUT2D eigenvalue weighted by molar-refractivity contribution is 1.41. The van der Waals surface area contributed by atoms with Gasteiger partial charge in [0.1, 0.15) is 0 Å². The van der Waals surface area contributed by atoms with Gasteiger partial charge in [0.15, 0.2) is 0 Å². The third kappa shape index (κ3) is 3.66. The van der Waals surface area contributed by atoms with Crippen molar-refractivity contribution in [1.82, 2.24) is 0 Å². The van der Waals surface area contributed by atoms with Gasteiger partial charge in [-0.3, -0.25) is 0 Å². The van der Waals surface area contributed by atoms with Crippen molar-refractivity contribution in [3.05, 3.63) is 90.6 Å². The molecule has 2 aromatic rings. The Labute approximate surface area is 135 Å². The van der Waals surface area contributed by atoms with Crippen molar-refractivity contribution < 1.29 is 0 Å². The van der Waals surface area contributed by atoms with Crippen molar-refractivity contribution in [1.29, 1.82) is 0 Å². The first-order chi connectivity index (χ1) is 10.9. The fraction of sp³-hybridized carbons (Fsp3) is 0.0500. The average Bonchev–Trinajstić information content (AvgIpc) is 2.97. The van der Waals surface area contributed by atoms with Gasteiger partial charge in [-0.25, -0.2) is 4.40 Å². The highest BCUT2D eigenvalue weighted by Gasteiger charge is 2.10. The lowest BCUT2D eigenvalue weighted by atomic mass is 10.0. The molecule has 0 bridgehead atoms. The smallest absolute Gasteiger partial charge is 0.0434 e. The van der Waals surface area contributed by atoms with E-state index in [9.17, 15) is 0 Å². The number of rotatable bonds is 0. The molecule has 0 radical (unpaired) electrons. The van der Waals surface area contributed by atoms with Crippen LogP contribution in [0.5, 0.6) is 0 Å². The summed E-state index contributed by atoms with van der Waals surface area (Å²) in [5.41, 5.74) is 3.73. The van der Waals surface area contributed by atoms with E-state index in [1.807, 2.05) is 24.4 Å². The van der Waals surface area contributed by atoms with Crippen LogP contribution in [0.4, 0.5) is 0 Å². The van der Waals surface area contributed by atoms with Gasteiger partial charge in [-0.1, -0.05) is 78.9 Å². The average molecular weight is 303 g/mol. The summed E-state index contributed by atoms with van der Waals surface area (Å²) < 4.78 is 4.35. The van der Waals surface area contributed by atoms with E-state index in [1.165, 1.54) is 33.5 Å². The van der Waals surface area contributed by atoms with E-state index in [2.05, 4.69) is 71.2 Å². The highest BCUT2D eigenvalue weighted by molar-refractivity contribution is 7.98. The van der Waals surface area contributed by atoms with Gasteiger partial charge in [-0.2, -0.15) is 0 Å². The topological polar surface area (TPSA) is 12.4 Å². The van der Waals surface area contributed by atoms with Crippen molar-refractivity contribution >= 4 is 18.2 Å². The van der Waals surface area contributed by atoms with Gasteiger partial charge in [-0.15, -0.1) is 0 Å². The zero-order chi connectivity index (χ0) is 15.0. The molecule has 1 heterocycles. The Morgan fingerprint density at radius 3 is 2.23 bits per heavy atom. The second-order valence-corrected chi connectivity index (χ2v) is 5.72. The van der Waals surface area contributed by atoms with Crippen molar-refractivity contribution in [2.45, 2.75) is 11.3 Å². The van der Waals surface area contributed by atoms with E-state index in [0.29, 0.717) is 0 Å². The van der Waals surface area contributed by atoms with Crippen LogP contribution >= 0.6 is 11.9 Å². The number of hydrogen-bond donors (Lipinski definition) is 0. The molecule has 0 spiro atoms. The van der Waals surface area contributed by atoms with Gasteiger partial charge in [0.25, 0.3) is 0 Å². The molecule has 0 atom stereocenters. The van der Waals surface area contributed by atoms with Crippen LogP contribution < -0.4 is 0 Å². The second-order valence-electron chi connectivity index (χ2n) is 4.89. The molecule has 0 amide bonds. The maximum Gasteiger partial charge on any atom is 0.0434 e. The van der Waals surface area contributed by atoms with Gasteiger partial charge < -0.3 is 0 Å².